The second-order valence-electron chi connectivity index (χ2n) is 4.59. The minimum atomic E-state index is 1.06. The molecule has 0 spiro atoms. The van der Waals surface area contributed by atoms with Gasteiger partial charge in [-0.2, -0.15) is 5.06 Å². The number of rotatable bonds is 12. The molecule has 0 aliphatic carbocycles. The van der Waals surface area contributed by atoms with Gasteiger partial charge >= 0.3 is 0 Å². The average molecular weight is 229 g/mol. The van der Waals surface area contributed by atoms with Gasteiger partial charge in [0.1, 0.15) is 0 Å². The summed E-state index contributed by atoms with van der Waals surface area (Å²) >= 11 is 0. The van der Waals surface area contributed by atoms with Crippen molar-refractivity contribution in [3.8, 4) is 0 Å². The minimum Gasteiger partial charge on any atom is -0.302 e. The van der Waals surface area contributed by atoms with Gasteiger partial charge in [0.05, 0.1) is 7.11 Å². The number of hydroxylamine groups is 2. The lowest BCUT2D eigenvalue weighted by Gasteiger charge is -2.18. The first-order chi connectivity index (χ1) is 7.85. The number of hydrogen-bond acceptors (Lipinski definition) is 2. The van der Waals surface area contributed by atoms with Crippen molar-refractivity contribution in [3.05, 3.63) is 0 Å². The molecule has 0 saturated carbocycles. The third-order valence-corrected chi connectivity index (χ3v) is 2.99. The summed E-state index contributed by atoms with van der Waals surface area (Å²) < 4.78 is 0. The zero-order chi connectivity index (χ0) is 12.1. The zero-order valence-electron chi connectivity index (χ0n) is 11.6. The average Bonchev–Trinajstić information content (AvgIpc) is 2.31. The first-order valence-electron chi connectivity index (χ1n) is 7.14. The molecule has 0 bridgehead atoms. The van der Waals surface area contributed by atoms with Gasteiger partial charge in [0, 0.05) is 13.1 Å². The molecule has 0 aliphatic rings. The predicted octanol–water partition coefficient (Wildman–Crippen LogP) is 4.40. The molecule has 2 heteroatoms. The lowest BCUT2D eigenvalue weighted by Crippen LogP contribution is -2.24. The fourth-order valence-corrected chi connectivity index (χ4v) is 1.97. The Bertz CT molecular complexity index is 128. The highest BCUT2D eigenvalue weighted by molar-refractivity contribution is 4.49. The van der Waals surface area contributed by atoms with Crippen molar-refractivity contribution >= 4 is 0 Å². The summed E-state index contributed by atoms with van der Waals surface area (Å²) in [5, 5.41) is 2.08. The number of nitrogens with zero attached hydrogens (tertiary/aromatic N) is 1. The summed E-state index contributed by atoms with van der Waals surface area (Å²) in [6, 6.07) is 0. The maximum absolute atomic E-state index is 5.28. The van der Waals surface area contributed by atoms with Crippen molar-refractivity contribution < 1.29 is 4.84 Å². The smallest absolute Gasteiger partial charge is 0.0575 e. The van der Waals surface area contributed by atoms with E-state index in [0.717, 1.165) is 13.1 Å². The van der Waals surface area contributed by atoms with E-state index in [1.807, 2.05) is 0 Å². The molecule has 2 nitrogen and oxygen atoms in total. The predicted molar refractivity (Wildman–Crippen MR) is 71.5 cm³/mol. The highest BCUT2D eigenvalue weighted by Crippen LogP contribution is 2.08. The fourth-order valence-electron chi connectivity index (χ4n) is 1.97. The van der Waals surface area contributed by atoms with Crippen LogP contribution in [0.3, 0.4) is 0 Å². The first kappa shape index (κ1) is 15.9. The molecule has 0 N–H and O–H groups in total. The van der Waals surface area contributed by atoms with Crippen LogP contribution in [0.2, 0.25) is 0 Å². The van der Waals surface area contributed by atoms with Gasteiger partial charge in [0.25, 0.3) is 0 Å². The summed E-state index contributed by atoms with van der Waals surface area (Å²) in [7, 11) is 1.78. The lowest BCUT2D eigenvalue weighted by atomic mass is 10.1. The molecule has 0 aromatic heterocycles. The van der Waals surface area contributed by atoms with E-state index in [1.165, 1.54) is 57.8 Å². The molecule has 0 saturated heterocycles. The fraction of sp³-hybridized carbons (Fsp3) is 1.00. The standard InChI is InChI=1S/C14H31NO/c1-4-6-7-8-9-10-11-12-14-15(16-3)13-5-2/h4-14H2,1-3H3. The molecule has 0 heterocycles. The third kappa shape index (κ3) is 10.4. The summed E-state index contributed by atoms with van der Waals surface area (Å²) in [4.78, 5) is 5.28. The Morgan fingerprint density at radius 3 is 1.75 bits per heavy atom. The SMILES string of the molecule is CCCCCCCCCCN(CCC)OC. The molecule has 0 rings (SSSR count). The Labute approximate surface area is 102 Å². The molecule has 0 atom stereocenters. The maximum Gasteiger partial charge on any atom is 0.0575 e. The van der Waals surface area contributed by atoms with Crippen molar-refractivity contribution in [1.82, 2.24) is 5.06 Å². The third-order valence-electron chi connectivity index (χ3n) is 2.99. The van der Waals surface area contributed by atoms with Gasteiger partial charge < -0.3 is 4.84 Å². The van der Waals surface area contributed by atoms with Crippen molar-refractivity contribution in [2.75, 3.05) is 20.2 Å². The molecule has 16 heavy (non-hydrogen) atoms. The second-order valence-corrected chi connectivity index (χ2v) is 4.59. The van der Waals surface area contributed by atoms with Crippen LogP contribution in [0.25, 0.3) is 0 Å². The van der Waals surface area contributed by atoms with E-state index in [9.17, 15) is 0 Å². The maximum atomic E-state index is 5.28. The highest BCUT2D eigenvalue weighted by Gasteiger charge is 2.00. The Kier molecular flexibility index (Phi) is 12.9. The minimum absolute atomic E-state index is 1.06. The second kappa shape index (κ2) is 13.0. The molecule has 0 aromatic carbocycles. The summed E-state index contributed by atoms with van der Waals surface area (Å²) in [5.74, 6) is 0. The monoisotopic (exact) mass is 229 g/mol. The van der Waals surface area contributed by atoms with E-state index in [2.05, 4.69) is 18.9 Å². The topological polar surface area (TPSA) is 12.5 Å². The van der Waals surface area contributed by atoms with Gasteiger partial charge in [-0.25, -0.2) is 0 Å². The van der Waals surface area contributed by atoms with Crippen LogP contribution in [-0.2, 0) is 4.84 Å². The summed E-state index contributed by atoms with van der Waals surface area (Å²) in [5.41, 5.74) is 0. The van der Waals surface area contributed by atoms with Crippen molar-refractivity contribution in [3.63, 3.8) is 0 Å². The van der Waals surface area contributed by atoms with Crippen LogP contribution in [0.1, 0.15) is 71.6 Å². The van der Waals surface area contributed by atoms with E-state index in [0.29, 0.717) is 0 Å². The molecule has 98 valence electrons. The van der Waals surface area contributed by atoms with E-state index in [-0.39, 0.29) is 0 Å². The van der Waals surface area contributed by atoms with Gasteiger partial charge in [-0.1, -0.05) is 58.8 Å². The van der Waals surface area contributed by atoms with Crippen LogP contribution < -0.4 is 0 Å². The van der Waals surface area contributed by atoms with Crippen LogP contribution in [0.5, 0.6) is 0 Å². The molecule has 0 amide bonds. The lowest BCUT2D eigenvalue weighted by molar-refractivity contribution is -0.131. The Morgan fingerprint density at radius 1 is 0.688 bits per heavy atom. The Morgan fingerprint density at radius 2 is 1.25 bits per heavy atom. The number of unbranched alkanes of at least 4 members (excludes halogenated alkanes) is 7. The first-order valence-corrected chi connectivity index (χ1v) is 7.14. The molecule has 0 unspecified atom stereocenters. The van der Waals surface area contributed by atoms with Gasteiger partial charge in [0.2, 0.25) is 0 Å². The number of hydrogen-bond donors (Lipinski definition) is 0. The zero-order valence-corrected chi connectivity index (χ0v) is 11.6. The van der Waals surface area contributed by atoms with Gasteiger partial charge in [-0.3, -0.25) is 0 Å². The van der Waals surface area contributed by atoms with Gasteiger partial charge in [-0.15, -0.1) is 0 Å². The molecular weight excluding hydrogens is 198 g/mol. The normalized spacial score (nSPS) is 11.2. The van der Waals surface area contributed by atoms with Crippen LogP contribution in [0.4, 0.5) is 0 Å². The van der Waals surface area contributed by atoms with Crippen molar-refractivity contribution in [2.45, 2.75) is 71.6 Å². The highest BCUT2D eigenvalue weighted by atomic mass is 16.7. The Hall–Kier alpha value is -0.0800. The van der Waals surface area contributed by atoms with E-state index in [4.69, 9.17) is 4.84 Å². The van der Waals surface area contributed by atoms with Crippen molar-refractivity contribution in [1.29, 1.82) is 0 Å². The van der Waals surface area contributed by atoms with E-state index >= 15 is 0 Å². The van der Waals surface area contributed by atoms with E-state index < -0.39 is 0 Å². The molecule has 0 aromatic rings. The molecule has 0 aliphatic heterocycles. The van der Waals surface area contributed by atoms with Crippen molar-refractivity contribution in [2.24, 2.45) is 0 Å². The summed E-state index contributed by atoms with van der Waals surface area (Å²) in [6.07, 6.45) is 12.2. The van der Waals surface area contributed by atoms with Crippen LogP contribution in [0, 0.1) is 0 Å². The molecule has 0 fully saturated rings. The molecular formula is C14H31NO. The van der Waals surface area contributed by atoms with Crippen LogP contribution in [0.15, 0.2) is 0 Å². The largest absolute Gasteiger partial charge is 0.302 e. The Balaban J connectivity index is 3.12. The quantitative estimate of drug-likeness (QED) is 0.363. The van der Waals surface area contributed by atoms with Gasteiger partial charge in [0.15, 0.2) is 0 Å². The van der Waals surface area contributed by atoms with E-state index in [1.54, 1.807) is 7.11 Å². The van der Waals surface area contributed by atoms with Crippen LogP contribution >= 0.6 is 0 Å². The van der Waals surface area contributed by atoms with Crippen LogP contribution in [-0.4, -0.2) is 25.3 Å². The summed E-state index contributed by atoms with van der Waals surface area (Å²) in [6.45, 7) is 6.62. The van der Waals surface area contributed by atoms with Gasteiger partial charge in [-0.05, 0) is 12.8 Å². The molecule has 0 radical (unpaired) electrons.